The molecule has 0 saturated heterocycles. The molecule has 0 heterocycles. The van der Waals surface area contributed by atoms with Gasteiger partial charge in [0.25, 0.3) is 0 Å². The normalized spacial score (nSPS) is 12.1. The van der Waals surface area contributed by atoms with Crippen LogP contribution in [0.25, 0.3) is 0 Å². The molecule has 0 aromatic heterocycles. The van der Waals surface area contributed by atoms with E-state index in [0.717, 1.165) is 11.1 Å². The van der Waals surface area contributed by atoms with Gasteiger partial charge in [-0.1, -0.05) is 93.6 Å². The molecule has 1 N–H and O–H groups in total. The summed E-state index contributed by atoms with van der Waals surface area (Å²) in [5, 5.41) is 2.69. The van der Waals surface area contributed by atoms with Crippen LogP contribution in [0.4, 0.5) is 4.39 Å². The molecule has 0 aliphatic carbocycles. The average molecular weight is 475 g/mol. The largest absolute Gasteiger partial charge is 0.357 e. The highest BCUT2D eigenvalue weighted by atomic mass is 19.1. The van der Waals surface area contributed by atoms with Crippen LogP contribution in [0, 0.1) is 5.82 Å². The second kappa shape index (κ2) is 11.8. The third kappa shape index (κ3) is 7.25. The number of aryl methyl sites for hydroxylation is 1. The molecule has 3 rings (SSSR count). The molecule has 3 aromatic rings. The molecule has 0 saturated carbocycles. The molecule has 1 atom stereocenters. The standard InChI is InChI=1S/C30H35FN2O2/c1-30(2,3)25-17-14-22(15-18-25)16-19-28(34)33(21-24-12-8-9-13-26(24)31)27(29(35)32-4)20-23-10-6-5-7-11-23/h5-15,17-18,27H,16,19-21H2,1-4H3,(H,32,35). The number of nitrogens with zero attached hydrogens (tertiary/aromatic N) is 1. The first kappa shape index (κ1) is 26.1. The van der Waals surface area contributed by atoms with Crippen molar-refractivity contribution in [2.75, 3.05) is 7.05 Å². The molecule has 5 heteroatoms. The van der Waals surface area contributed by atoms with Crippen LogP contribution in [0.15, 0.2) is 78.9 Å². The van der Waals surface area contributed by atoms with E-state index in [4.69, 9.17) is 0 Å². The first-order valence-electron chi connectivity index (χ1n) is 12.1. The Morgan fingerprint density at radius 1 is 0.886 bits per heavy atom. The second-order valence-corrected chi connectivity index (χ2v) is 9.88. The lowest BCUT2D eigenvalue weighted by Crippen LogP contribution is -2.49. The Morgan fingerprint density at radius 3 is 2.11 bits per heavy atom. The van der Waals surface area contributed by atoms with Gasteiger partial charge in [0, 0.05) is 32.0 Å². The van der Waals surface area contributed by atoms with Crippen LogP contribution < -0.4 is 5.32 Å². The Hall–Kier alpha value is -3.47. The number of likely N-dealkylation sites (N-methyl/N-ethyl adjacent to an activating group) is 1. The summed E-state index contributed by atoms with van der Waals surface area (Å²) in [6, 6.07) is 23.5. The van der Waals surface area contributed by atoms with Crippen LogP contribution in [0.5, 0.6) is 0 Å². The molecule has 3 aromatic carbocycles. The van der Waals surface area contributed by atoms with Crippen molar-refractivity contribution in [1.29, 1.82) is 0 Å². The summed E-state index contributed by atoms with van der Waals surface area (Å²) >= 11 is 0. The molecule has 4 nitrogen and oxygen atoms in total. The third-order valence-electron chi connectivity index (χ3n) is 6.26. The molecular weight excluding hydrogens is 439 g/mol. The van der Waals surface area contributed by atoms with Crippen molar-refractivity contribution in [2.45, 2.75) is 58.0 Å². The van der Waals surface area contributed by atoms with E-state index < -0.39 is 11.9 Å². The van der Waals surface area contributed by atoms with Gasteiger partial charge in [0.15, 0.2) is 0 Å². The SMILES string of the molecule is CNC(=O)C(Cc1ccccc1)N(Cc1ccccc1F)C(=O)CCc1ccc(C(C)(C)C)cc1. The van der Waals surface area contributed by atoms with Crippen molar-refractivity contribution in [2.24, 2.45) is 0 Å². The van der Waals surface area contributed by atoms with Crippen LogP contribution in [-0.4, -0.2) is 29.8 Å². The summed E-state index contributed by atoms with van der Waals surface area (Å²) < 4.78 is 14.5. The third-order valence-corrected chi connectivity index (χ3v) is 6.26. The lowest BCUT2D eigenvalue weighted by atomic mass is 9.86. The number of carbonyl (C=O) groups is 2. The van der Waals surface area contributed by atoms with Crippen molar-refractivity contribution in [3.8, 4) is 0 Å². The van der Waals surface area contributed by atoms with Crippen LogP contribution in [0.2, 0.25) is 0 Å². The minimum atomic E-state index is -0.752. The number of nitrogens with one attached hydrogen (secondary N) is 1. The topological polar surface area (TPSA) is 49.4 Å². The maximum Gasteiger partial charge on any atom is 0.242 e. The molecule has 0 fully saturated rings. The summed E-state index contributed by atoms with van der Waals surface area (Å²) in [6.45, 7) is 6.52. The first-order chi connectivity index (χ1) is 16.7. The Labute approximate surface area is 208 Å². The fraction of sp³-hybridized carbons (Fsp3) is 0.333. The number of carbonyl (C=O) groups excluding carboxylic acids is 2. The highest BCUT2D eigenvalue weighted by Gasteiger charge is 2.30. The van der Waals surface area contributed by atoms with Crippen LogP contribution in [0.1, 0.15) is 49.4 Å². The Bertz CT molecular complexity index is 1120. The van der Waals surface area contributed by atoms with E-state index in [1.54, 1.807) is 25.2 Å². The fourth-order valence-corrected chi connectivity index (χ4v) is 4.10. The summed E-state index contributed by atoms with van der Waals surface area (Å²) in [7, 11) is 1.56. The van der Waals surface area contributed by atoms with Gasteiger partial charge in [-0.25, -0.2) is 4.39 Å². The Morgan fingerprint density at radius 2 is 1.51 bits per heavy atom. The molecular formula is C30H35FN2O2. The molecule has 0 aliphatic heterocycles. The lowest BCUT2D eigenvalue weighted by molar-refractivity contribution is -0.141. The van der Waals surface area contributed by atoms with Gasteiger partial charge < -0.3 is 10.2 Å². The number of halogens is 1. The predicted octanol–water partition coefficient (Wildman–Crippen LogP) is 5.44. The van der Waals surface area contributed by atoms with Gasteiger partial charge in [-0.05, 0) is 34.6 Å². The van der Waals surface area contributed by atoms with Crippen molar-refractivity contribution in [3.05, 3.63) is 107 Å². The summed E-state index contributed by atoms with van der Waals surface area (Å²) in [4.78, 5) is 28.0. The smallest absolute Gasteiger partial charge is 0.242 e. The summed E-state index contributed by atoms with van der Waals surface area (Å²) in [5.74, 6) is -0.843. The maximum absolute atomic E-state index is 14.5. The highest BCUT2D eigenvalue weighted by molar-refractivity contribution is 5.88. The fourth-order valence-electron chi connectivity index (χ4n) is 4.10. The van der Waals surface area contributed by atoms with E-state index in [9.17, 15) is 14.0 Å². The van der Waals surface area contributed by atoms with Crippen molar-refractivity contribution < 1.29 is 14.0 Å². The van der Waals surface area contributed by atoms with Gasteiger partial charge in [0.1, 0.15) is 11.9 Å². The van der Waals surface area contributed by atoms with Crippen LogP contribution in [0.3, 0.4) is 0 Å². The van der Waals surface area contributed by atoms with Crippen molar-refractivity contribution >= 4 is 11.8 Å². The van der Waals surface area contributed by atoms with Gasteiger partial charge in [0.2, 0.25) is 11.8 Å². The second-order valence-electron chi connectivity index (χ2n) is 9.88. The molecule has 0 bridgehead atoms. The zero-order valence-corrected chi connectivity index (χ0v) is 21.1. The van der Waals surface area contributed by atoms with Crippen molar-refractivity contribution in [3.63, 3.8) is 0 Å². The highest BCUT2D eigenvalue weighted by Crippen LogP contribution is 2.23. The van der Waals surface area contributed by atoms with Crippen molar-refractivity contribution in [1.82, 2.24) is 10.2 Å². The maximum atomic E-state index is 14.5. The first-order valence-corrected chi connectivity index (χ1v) is 12.1. The van der Waals surface area contributed by atoms with Gasteiger partial charge in [-0.15, -0.1) is 0 Å². The van der Waals surface area contributed by atoms with Gasteiger partial charge >= 0.3 is 0 Å². The van der Waals surface area contributed by atoms with Gasteiger partial charge in [-0.3, -0.25) is 9.59 Å². The Kier molecular flexibility index (Phi) is 8.80. The summed E-state index contributed by atoms with van der Waals surface area (Å²) in [6.07, 6.45) is 1.12. The number of amides is 2. The van der Waals surface area contributed by atoms with E-state index in [0.29, 0.717) is 18.4 Å². The average Bonchev–Trinajstić information content (AvgIpc) is 2.85. The number of hydrogen-bond acceptors (Lipinski definition) is 2. The molecule has 1 unspecified atom stereocenters. The molecule has 0 spiro atoms. The van der Waals surface area contributed by atoms with Gasteiger partial charge in [0.05, 0.1) is 0 Å². The molecule has 0 aliphatic rings. The minimum absolute atomic E-state index is 0.0272. The molecule has 0 radical (unpaired) electrons. The number of rotatable bonds is 9. The molecule has 35 heavy (non-hydrogen) atoms. The van der Waals surface area contributed by atoms with E-state index in [2.05, 4.69) is 50.4 Å². The predicted molar refractivity (Wildman–Crippen MR) is 138 cm³/mol. The zero-order chi connectivity index (χ0) is 25.4. The van der Waals surface area contributed by atoms with E-state index in [1.807, 2.05) is 30.3 Å². The van der Waals surface area contributed by atoms with Gasteiger partial charge in [-0.2, -0.15) is 0 Å². The lowest BCUT2D eigenvalue weighted by Gasteiger charge is -2.31. The Balaban J connectivity index is 1.85. The molecule has 184 valence electrons. The van der Waals surface area contributed by atoms with Crippen LogP contribution >= 0.6 is 0 Å². The van der Waals surface area contributed by atoms with E-state index >= 15 is 0 Å². The summed E-state index contributed by atoms with van der Waals surface area (Å²) in [5.41, 5.74) is 3.67. The number of hydrogen-bond donors (Lipinski definition) is 1. The van der Waals surface area contributed by atoms with E-state index in [-0.39, 0.29) is 30.2 Å². The number of benzene rings is 3. The molecule has 2 amide bonds. The zero-order valence-electron chi connectivity index (χ0n) is 21.1. The van der Waals surface area contributed by atoms with Crippen LogP contribution in [-0.2, 0) is 34.4 Å². The minimum Gasteiger partial charge on any atom is -0.357 e. The monoisotopic (exact) mass is 474 g/mol. The van der Waals surface area contributed by atoms with E-state index in [1.165, 1.54) is 16.5 Å². The quantitative estimate of drug-likeness (QED) is 0.449.